The summed E-state index contributed by atoms with van der Waals surface area (Å²) in [6.45, 7) is 4.44. The highest BCUT2D eigenvalue weighted by Crippen LogP contribution is 2.55. The van der Waals surface area contributed by atoms with Gasteiger partial charge in [0.2, 0.25) is 0 Å². The Bertz CT molecular complexity index is 558. The van der Waals surface area contributed by atoms with E-state index in [2.05, 4.69) is 62.6 Å². The lowest BCUT2D eigenvalue weighted by atomic mass is 10.0. The van der Waals surface area contributed by atoms with E-state index < -0.39 is 0 Å². The van der Waals surface area contributed by atoms with Crippen molar-refractivity contribution in [2.75, 3.05) is 7.05 Å². The number of nitrogens with one attached hydrogen (secondary N) is 1. The minimum Gasteiger partial charge on any atom is -0.312 e. The third-order valence-electron chi connectivity index (χ3n) is 4.17. The number of thiophene rings is 1. The Morgan fingerprint density at radius 2 is 1.95 bits per heavy atom. The van der Waals surface area contributed by atoms with Crippen molar-refractivity contribution in [1.29, 1.82) is 0 Å². The maximum atomic E-state index is 3.54. The predicted molar refractivity (Wildman–Crippen MR) is 82.9 cm³/mol. The maximum absolute atomic E-state index is 3.54. The van der Waals surface area contributed by atoms with Gasteiger partial charge in [0.25, 0.3) is 0 Å². The monoisotopic (exact) mass is 271 g/mol. The molecule has 0 radical (unpaired) electrons. The van der Waals surface area contributed by atoms with Gasteiger partial charge < -0.3 is 5.32 Å². The van der Waals surface area contributed by atoms with Crippen molar-refractivity contribution in [2.45, 2.75) is 32.2 Å². The maximum Gasteiger partial charge on any atom is 0.0449 e. The standard InChI is InChI=1S/C17H21NS/c1-11-9-12(2)19-17(11)16(18-3)15-10-14(15)13-7-5-4-6-8-13/h4-9,14-16,18H,10H2,1-3H3. The van der Waals surface area contributed by atoms with Crippen LogP contribution < -0.4 is 5.32 Å². The first-order valence-electron chi connectivity index (χ1n) is 7.00. The van der Waals surface area contributed by atoms with Gasteiger partial charge in [0.15, 0.2) is 0 Å². The van der Waals surface area contributed by atoms with Crippen LogP contribution in [0.1, 0.15) is 39.3 Å². The molecule has 1 aromatic carbocycles. The average Bonchev–Trinajstić information content (AvgIpc) is 3.12. The Labute approximate surface area is 119 Å². The number of aryl methyl sites for hydroxylation is 2. The van der Waals surface area contributed by atoms with E-state index in [1.54, 1.807) is 0 Å². The molecule has 3 unspecified atom stereocenters. The van der Waals surface area contributed by atoms with Gasteiger partial charge >= 0.3 is 0 Å². The van der Waals surface area contributed by atoms with Gasteiger partial charge in [-0.2, -0.15) is 0 Å². The molecule has 1 heterocycles. The zero-order chi connectivity index (χ0) is 13.4. The molecule has 0 aliphatic heterocycles. The lowest BCUT2D eigenvalue weighted by Gasteiger charge is -2.16. The Morgan fingerprint density at radius 3 is 2.53 bits per heavy atom. The van der Waals surface area contributed by atoms with E-state index in [4.69, 9.17) is 0 Å². The van der Waals surface area contributed by atoms with Gasteiger partial charge in [0.1, 0.15) is 0 Å². The Balaban J connectivity index is 1.81. The molecule has 1 nitrogen and oxygen atoms in total. The zero-order valence-electron chi connectivity index (χ0n) is 11.8. The summed E-state index contributed by atoms with van der Waals surface area (Å²) >= 11 is 1.95. The SMILES string of the molecule is CNC(c1sc(C)cc1C)C1CC1c1ccccc1. The molecule has 1 aliphatic carbocycles. The van der Waals surface area contributed by atoms with Crippen LogP contribution in [0, 0.1) is 19.8 Å². The molecule has 1 saturated carbocycles. The fourth-order valence-corrected chi connectivity index (χ4v) is 4.40. The molecule has 2 aromatic rings. The van der Waals surface area contributed by atoms with Gasteiger partial charge in [-0.3, -0.25) is 0 Å². The lowest BCUT2D eigenvalue weighted by molar-refractivity contribution is 0.524. The molecule has 0 bridgehead atoms. The molecule has 3 atom stereocenters. The smallest absolute Gasteiger partial charge is 0.0449 e. The van der Waals surface area contributed by atoms with E-state index >= 15 is 0 Å². The highest BCUT2D eigenvalue weighted by atomic mass is 32.1. The molecule has 0 amide bonds. The topological polar surface area (TPSA) is 12.0 Å². The van der Waals surface area contributed by atoms with Crippen LogP contribution in [0.2, 0.25) is 0 Å². The fourth-order valence-electron chi connectivity index (χ4n) is 3.17. The van der Waals surface area contributed by atoms with Gasteiger partial charge in [0, 0.05) is 15.8 Å². The highest BCUT2D eigenvalue weighted by molar-refractivity contribution is 7.12. The van der Waals surface area contributed by atoms with Crippen LogP contribution in [0.3, 0.4) is 0 Å². The molecule has 1 aromatic heterocycles. The Morgan fingerprint density at radius 1 is 1.21 bits per heavy atom. The Hall–Kier alpha value is -1.12. The first-order valence-corrected chi connectivity index (χ1v) is 7.81. The lowest BCUT2D eigenvalue weighted by Crippen LogP contribution is -2.18. The molecule has 1 aliphatic rings. The minimum atomic E-state index is 0.518. The van der Waals surface area contributed by atoms with Gasteiger partial charge in [0.05, 0.1) is 0 Å². The van der Waals surface area contributed by atoms with Gasteiger partial charge in [-0.15, -0.1) is 11.3 Å². The summed E-state index contributed by atoms with van der Waals surface area (Å²) in [7, 11) is 2.10. The van der Waals surface area contributed by atoms with Crippen molar-refractivity contribution < 1.29 is 0 Å². The first kappa shape index (κ1) is 12.9. The van der Waals surface area contributed by atoms with E-state index in [1.807, 2.05) is 11.3 Å². The average molecular weight is 271 g/mol. The van der Waals surface area contributed by atoms with Crippen LogP contribution in [0.4, 0.5) is 0 Å². The van der Waals surface area contributed by atoms with Crippen LogP contribution in [0.5, 0.6) is 0 Å². The van der Waals surface area contributed by atoms with Crippen molar-refractivity contribution in [2.24, 2.45) is 5.92 Å². The van der Waals surface area contributed by atoms with E-state index in [9.17, 15) is 0 Å². The summed E-state index contributed by atoms with van der Waals surface area (Å²) in [5.74, 6) is 1.49. The second-order valence-corrected chi connectivity index (χ2v) is 6.88. The van der Waals surface area contributed by atoms with Gasteiger partial charge in [-0.1, -0.05) is 30.3 Å². The number of hydrogen-bond acceptors (Lipinski definition) is 2. The molecule has 2 heteroatoms. The molecule has 0 spiro atoms. The quantitative estimate of drug-likeness (QED) is 0.867. The molecular formula is C17H21NS. The highest BCUT2D eigenvalue weighted by Gasteiger charge is 2.44. The number of hydrogen-bond donors (Lipinski definition) is 1. The van der Waals surface area contributed by atoms with Crippen molar-refractivity contribution in [3.05, 3.63) is 57.3 Å². The van der Waals surface area contributed by atoms with Crippen molar-refractivity contribution in [3.8, 4) is 0 Å². The summed E-state index contributed by atoms with van der Waals surface area (Å²) in [5, 5.41) is 3.54. The molecule has 1 N–H and O–H groups in total. The molecule has 0 saturated heterocycles. The van der Waals surface area contributed by atoms with Crippen LogP contribution in [-0.2, 0) is 0 Å². The van der Waals surface area contributed by atoms with E-state index in [0.29, 0.717) is 6.04 Å². The van der Waals surface area contributed by atoms with Crippen LogP contribution in [0.25, 0.3) is 0 Å². The number of rotatable bonds is 4. The molecule has 3 rings (SSSR count). The normalized spacial score (nSPS) is 23.3. The van der Waals surface area contributed by atoms with Crippen LogP contribution in [0.15, 0.2) is 36.4 Å². The zero-order valence-corrected chi connectivity index (χ0v) is 12.6. The van der Waals surface area contributed by atoms with Crippen LogP contribution >= 0.6 is 11.3 Å². The second kappa shape index (κ2) is 5.10. The minimum absolute atomic E-state index is 0.518. The molecule has 100 valence electrons. The Kier molecular flexibility index (Phi) is 3.46. The van der Waals surface area contributed by atoms with E-state index in [1.165, 1.54) is 27.3 Å². The van der Waals surface area contributed by atoms with E-state index in [-0.39, 0.29) is 0 Å². The van der Waals surface area contributed by atoms with Gasteiger partial charge in [-0.05, 0) is 56.3 Å². The summed E-state index contributed by atoms with van der Waals surface area (Å²) in [5.41, 5.74) is 2.94. The fraction of sp³-hybridized carbons (Fsp3) is 0.412. The molecule has 1 fully saturated rings. The number of benzene rings is 1. The third-order valence-corrected chi connectivity index (χ3v) is 5.40. The summed E-state index contributed by atoms with van der Waals surface area (Å²) < 4.78 is 0. The van der Waals surface area contributed by atoms with Crippen molar-refractivity contribution >= 4 is 11.3 Å². The summed E-state index contributed by atoms with van der Waals surface area (Å²) in [6, 6.07) is 13.8. The molecule has 19 heavy (non-hydrogen) atoms. The van der Waals surface area contributed by atoms with Crippen molar-refractivity contribution in [1.82, 2.24) is 5.32 Å². The van der Waals surface area contributed by atoms with Crippen molar-refractivity contribution in [3.63, 3.8) is 0 Å². The summed E-state index contributed by atoms with van der Waals surface area (Å²) in [4.78, 5) is 2.95. The van der Waals surface area contributed by atoms with E-state index in [0.717, 1.165) is 11.8 Å². The van der Waals surface area contributed by atoms with Crippen LogP contribution in [-0.4, -0.2) is 7.05 Å². The molecular weight excluding hydrogens is 250 g/mol. The second-order valence-electron chi connectivity index (χ2n) is 5.59. The third kappa shape index (κ3) is 2.47. The predicted octanol–water partition coefficient (Wildman–Crippen LogP) is 4.43. The largest absolute Gasteiger partial charge is 0.312 e. The van der Waals surface area contributed by atoms with Gasteiger partial charge in [-0.25, -0.2) is 0 Å². The summed E-state index contributed by atoms with van der Waals surface area (Å²) in [6.07, 6.45) is 1.31. The first-order chi connectivity index (χ1) is 9.20.